The lowest BCUT2D eigenvalue weighted by Gasteiger charge is -2.33. The van der Waals surface area contributed by atoms with Crippen LogP contribution in [0, 0.1) is 0 Å². The molecule has 4 aromatic rings. The molecule has 0 saturated carbocycles. The fourth-order valence-corrected chi connectivity index (χ4v) is 7.04. The van der Waals surface area contributed by atoms with E-state index in [1.165, 1.54) is 41.4 Å². The van der Waals surface area contributed by atoms with Crippen molar-refractivity contribution in [3.8, 4) is 5.75 Å². The lowest BCUT2D eigenvalue weighted by Crippen LogP contribution is -2.61. The zero-order valence-corrected chi connectivity index (χ0v) is 27.6. The minimum Gasteiger partial charge on any atom is -0.484 e. The fraction of sp³-hybridized carbons (Fsp3) is 0.364. The number of imidazole rings is 1. The van der Waals surface area contributed by atoms with Gasteiger partial charge in [-0.15, -0.1) is 0 Å². The number of amides is 3. The van der Waals surface area contributed by atoms with Crippen LogP contribution in [0.3, 0.4) is 0 Å². The number of carboxylic acids is 1. The van der Waals surface area contributed by atoms with E-state index in [1.54, 1.807) is 25.1 Å². The molecule has 16 heteroatoms. The molecule has 1 saturated heterocycles. The summed E-state index contributed by atoms with van der Waals surface area (Å²) in [6.45, 7) is 3.54. The van der Waals surface area contributed by atoms with E-state index in [1.807, 2.05) is 6.92 Å². The summed E-state index contributed by atoms with van der Waals surface area (Å²) in [5, 5.41) is 22.8. The summed E-state index contributed by atoms with van der Waals surface area (Å²) in [7, 11) is -4.70. The van der Waals surface area contributed by atoms with Crippen LogP contribution in [0.2, 0.25) is 0 Å². The number of benzene rings is 2. The van der Waals surface area contributed by atoms with Crippen molar-refractivity contribution in [1.29, 1.82) is 0 Å². The molecule has 1 aliphatic rings. The van der Waals surface area contributed by atoms with Crippen molar-refractivity contribution < 1.29 is 56.0 Å². The molecule has 3 heterocycles. The first-order valence-corrected chi connectivity index (χ1v) is 17.2. The summed E-state index contributed by atoms with van der Waals surface area (Å²) < 4.78 is 45.1. The van der Waals surface area contributed by atoms with Crippen LogP contribution < -0.4 is 10.1 Å². The predicted molar refractivity (Wildman–Crippen MR) is 174 cm³/mol. The second-order valence-electron chi connectivity index (χ2n) is 12.1. The normalized spacial score (nSPS) is 19.8. The summed E-state index contributed by atoms with van der Waals surface area (Å²) in [4.78, 5) is 55.4. The van der Waals surface area contributed by atoms with E-state index < -0.39 is 61.6 Å². The van der Waals surface area contributed by atoms with E-state index in [4.69, 9.17) is 9.15 Å². The van der Waals surface area contributed by atoms with Gasteiger partial charge < -0.3 is 29.3 Å². The van der Waals surface area contributed by atoms with Crippen molar-refractivity contribution in [2.45, 2.75) is 75.5 Å². The maximum absolute atomic E-state index is 14.5. The second kappa shape index (κ2) is 14.2. The Bertz CT molecular complexity index is 2000. The van der Waals surface area contributed by atoms with Crippen LogP contribution in [0.5, 0.6) is 5.75 Å². The van der Waals surface area contributed by atoms with Crippen LogP contribution in [0.4, 0.5) is 10.6 Å². The van der Waals surface area contributed by atoms with Crippen LogP contribution >= 0.6 is 0 Å². The molecular weight excluding hydrogens is 660 g/mol. The number of quaternary nitrogens is 1. The van der Waals surface area contributed by atoms with Crippen molar-refractivity contribution in [3.05, 3.63) is 72.4 Å². The van der Waals surface area contributed by atoms with Crippen molar-refractivity contribution in [3.63, 3.8) is 0 Å². The predicted octanol–water partition coefficient (Wildman–Crippen LogP) is 5.60. The quantitative estimate of drug-likeness (QED) is 0.0763. The third-order valence-corrected chi connectivity index (χ3v) is 9.72. The van der Waals surface area contributed by atoms with Gasteiger partial charge in [-0.25, -0.2) is 14.6 Å². The molecular formula is C33H37N4O11S+. The Hall–Kier alpha value is -5.06. The van der Waals surface area contributed by atoms with E-state index >= 15 is 0 Å². The number of likely N-dealkylation sites (tertiary alicyclic amines) is 1. The smallest absolute Gasteiger partial charge is 0.484 e. The van der Waals surface area contributed by atoms with Gasteiger partial charge in [-0.05, 0) is 49.7 Å². The molecule has 0 spiro atoms. The minimum absolute atomic E-state index is 0.0141. The number of aromatic carboxylic acids is 1. The van der Waals surface area contributed by atoms with E-state index in [0.717, 1.165) is 25.3 Å². The highest BCUT2D eigenvalue weighted by Gasteiger charge is 2.59. The number of anilines is 1. The molecule has 5 rings (SSSR count). The number of ether oxygens (including phenoxy) is 1. The Balaban J connectivity index is 1.40. The van der Waals surface area contributed by atoms with Crippen LogP contribution in [0.15, 0.2) is 70.4 Å². The molecule has 0 radical (unpaired) electrons. The highest BCUT2D eigenvalue weighted by atomic mass is 32.2. The van der Waals surface area contributed by atoms with Gasteiger partial charge >= 0.3 is 18.0 Å². The molecule has 2 aromatic heterocycles. The molecule has 4 N–H and O–H groups in total. The van der Waals surface area contributed by atoms with Gasteiger partial charge in [0.05, 0.1) is 11.9 Å². The molecule has 1 unspecified atom stereocenters. The lowest BCUT2D eigenvalue weighted by molar-refractivity contribution is -0.795. The van der Waals surface area contributed by atoms with Gasteiger partial charge in [0.2, 0.25) is 5.76 Å². The standard InChI is InChI=1S/C33H36N4O11S/c1-3-4-5-6-10-25(36-17-29(34-19-36)35-30(38)24-9-7-8-11-28(24)49(44,45)46)31(39)37(33(42)43)18-23(14-20(37)2)47-22-12-13-26-21(15-22)16-27(48-26)32(40)41/h7-9,11-13,15-17,19-20,23,25H,3-6,10,14,18H2,1-2H3,(H3-,35,38,40,41,42,43,44,45,46)/p+1/t20-,23-,25?,37-/m1/s1. The highest BCUT2D eigenvalue weighted by molar-refractivity contribution is 7.86. The van der Waals surface area contributed by atoms with Crippen LogP contribution in [-0.2, 0) is 14.9 Å². The number of rotatable bonds is 13. The number of fused-ring (bicyclic) bond motifs is 1. The van der Waals surface area contributed by atoms with Gasteiger partial charge in [0.1, 0.15) is 34.9 Å². The van der Waals surface area contributed by atoms with Gasteiger partial charge in [-0.2, -0.15) is 17.7 Å². The van der Waals surface area contributed by atoms with Gasteiger partial charge in [-0.3, -0.25) is 9.35 Å². The number of aromatic nitrogens is 2. The zero-order valence-electron chi connectivity index (χ0n) is 26.8. The van der Waals surface area contributed by atoms with Crippen LogP contribution in [0.1, 0.15) is 79.3 Å². The maximum atomic E-state index is 14.5. The number of hydrogen-bond donors (Lipinski definition) is 4. The van der Waals surface area contributed by atoms with Gasteiger partial charge in [0.25, 0.3) is 16.0 Å². The largest absolute Gasteiger partial charge is 0.521 e. The Kier molecular flexibility index (Phi) is 10.2. The van der Waals surface area contributed by atoms with Crippen LogP contribution in [-0.4, -0.2) is 79.8 Å². The van der Waals surface area contributed by atoms with E-state index in [0.29, 0.717) is 29.6 Å². The van der Waals surface area contributed by atoms with Gasteiger partial charge in [0, 0.05) is 18.0 Å². The third kappa shape index (κ3) is 7.35. The van der Waals surface area contributed by atoms with Crippen molar-refractivity contribution in [2.24, 2.45) is 0 Å². The van der Waals surface area contributed by atoms with E-state index in [2.05, 4.69) is 10.3 Å². The number of nitrogens with zero attached hydrogens (tertiary/aromatic N) is 3. The molecule has 1 aliphatic heterocycles. The molecule has 260 valence electrons. The van der Waals surface area contributed by atoms with E-state index in [-0.39, 0.29) is 30.1 Å². The SMILES string of the molecule is CCCCCCC(C(=O)[N@@+]1(C(=O)O)C[C@H](Oc2ccc3oc(C(=O)O)cc3c2)C[C@H]1C)n1cnc(NC(=O)c2ccccc2S(=O)(=O)O)c1. The first-order chi connectivity index (χ1) is 23.2. The first kappa shape index (κ1) is 35.3. The number of carbonyl (C=O) groups excluding carboxylic acids is 2. The number of imide groups is 1. The molecule has 0 aliphatic carbocycles. The summed E-state index contributed by atoms with van der Waals surface area (Å²) >= 11 is 0. The Labute approximate surface area is 281 Å². The van der Waals surface area contributed by atoms with Crippen molar-refractivity contribution in [2.75, 3.05) is 11.9 Å². The van der Waals surface area contributed by atoms with Gasteiger partial charge in [-0.1, -0.05) is 44.7 Å². The Morgan fingerprint density at radius 1 is 1.10 bits per heavy atom. The average molecular weight is 698 g/mol. The summed E-state index contributed by atoms with van der Waals surface area (Å²) in [6, 6.07) is 9.55. The molecule has 3 amide bonds. The third-order valence-electron chi connectivity index (χ3n) is 8.81. The molecule has 15 nitrogen and oxygen atoms in total. The first-order valence-electron chi connectivity index (χ1n) is 15.7. The Morgan fingerprint density at radius 3 is 2.55 bits per heavy atom. The number of unbranched alkanes of at least 4 members (excludes halogenated alkanes) is 3. The summed E-state index contributed by atoms with van der Waals surface area (Å²) in [5.74, 6) is -2.56. The average Bonchev–Trinajstić information content (AvgIpc) is 3.77. The molecule has 4 atom stereocenters. The molecule has 0 bridgehead atoms. The summed E-state index contributed by atoms with van der Waals surface area (Å²) in [6.07, 6.45) is 4.50. The molecule has 2 aromatic carbocycles. The van der Waals surface area contributed by atoms with E-state index in [9.17, 15) is 42.4 Å². The number of hydrogen-bond acceptors (Lipinski definition) is 9. The fourth-order valence-electron chi connectivity index (χ4n) is 6.35. The maximum Gasteiger partial charge on any atom is 0.521 e. The molecule has 1 fully saturated rings. The molecule has 49 heavy (non-hydrogen) atoms. The number of furan rings is 1. The Morgan fingerprint density at radius 2 is 1.86 bits per heavy atom. The number of carbonyl (C=O) groups is 4. The second-order valence-corrected chi connectivity index (χ2v) is 13.5. The monoisotopic (exact) mass is 697 g/mol. The van der Waals surface area contributed by atoms with Crippen LogP contribution in [0.25, 0.3) is 11.0 Å². The number of carboxylic acid groups (broad SMARTS) is 2. The highest BCUT2D eigenvalue weighted by Crippen LogP contribution is 2.36. The topological polar surface area (TPSA) is 215 Å². The van der Waals surface area contributed by atoms with Gasteiger partial charge in [0.15, 0.2) is 11.9 Å². The summed E-state index contributed by atoms with van der Waals surface area (Å²) in [5.41, 5.74) is 0.0353. The minimum atomic E-state index is -4.70. The number of nitrogens with one attached hydrogen (secondary N) is 1. The van der Waals surface area contributed by atoms with Crippen molar-refractivity contribution in [1.82, 2.24) is 9.55 Å². The lowest BCUT2D eigenvalue weighted by atomic mass is 10.0. The zero-order chi connectivity index (χ0) is 35.5. The van der Waals surface area contributed by atoms with Crippen molar-refractivity contribution >= 4 is 50.8 Å².